The molecule has 0 heterocycles. The van der Waals surface area contributed by atoms with Gasteiger partial charge < -0.3 is 150 Å². The van der Waals surface area contributed by atoms with Crippen molar-refractivity contribution in [3.63, 3.8) is 0 Å². The van der Waals surface area contributed by atoms with Crippen LogP contribution in [0.1, 0.15) is 47.5 Å². The van der Waals surface area contributed by atoms with Crippen LogP contribution < -0.4 is 45.9 Å². The topological polar surface area (TPSA) is 531 Å². The van der Waals surface area contributed by atoms with Crippen molar-refractivity contribution in [3.05, 3.63) is 0 Å². The van der Waals surface area contributed by atoms with Gasteiger partial charge in [0.25, 0.3) is 0 Å². The van der Waals surface area contributed by atoms with Crippen LogP contribution in [0, 0.1) is 16.2 Å². The third-order valence-electron chi connectivity index (χ3n) is 12.8. The average molecular weight is 1590 g/mol. The van der Waals surface area contributed by atoms with Gasteiger partial charge in [-0.3, -0.25) is 33.6 Å². The standard InChI is InChI=1S/C21H40N4O12.C21H48N4O8.C21H38O9S3.2CH4/c22-9-17(26)34-5-1-30-13-21(14-31-2-6-35-18(27)10-23,15-32-3-7-36-19(28)11-24)16-33-4-8-37-20(29)12-25;22-1-5-26-9-13-30-17-21(18-31-14-10-27-6-2-23,19-32-15-11-28-7-3-24)20-33-16-12-29-8-4-25;1-2-21(15-25-6-9-28-18(22)3-12-31,16-26-7-10-29-19(23)4-13-32)17-27-8-11-30-20(24)5-14-33;;/h1-16,22-25H2;1-20,22-25H2;31-33H,2-17H2,1H3;2*1H4. The zero-order chi connectivity index (χ0) is 76.9. The van der Waals surface area contributed by atoms with E-state index in [2.05, 4.69) is 37.9 Å². The molecule has 0 aromatic heterocycles. The molecule has 0 atom stereocenters. The fourth-order valence-corrected chi connectivity index (χ4v) is 8.09. The second-order valence-corrected chi connectivity index (χ2v) is 23.2. The largest absolute Gasteiger partial charge is 0.463 e. The molecule has 0 unspecified atom stereocenters. The highest BCUT2D eigenvalue weighted by atomic mass is 32.1. The number of hydrogen-bond acceptors (Lipinski definition) is 40. The van der Waals surface area contributed by atoms with Crippen molar-refractivity contribution >= 4 is 79.7 Å². The van der Waals surface area contributed by atoms with E-state index in [1.807, 2.05) is 6.92 Å². The smallest absolute Gasteiger partial charge is 0.319 e. The summed E-state index contributed by atoms with van der Waals surface area (Å²) in [6, 6.07) is 0. The summed E-state index contributed by atoms with van der Waals surface area (Å²) in [5.41, 5.74) is 40.7. The van der Waals surface area contributed by atoms with Crippen LogP contribution in [0.4, 0.5) is 0 Å². The van der Waals surface area contributed by atoms with Gasteiger partial charge in [0.15, 0.2) is 0 Å². The molecule has 0 saturated heterocycles. The van der Waals surface area contributed by atoms with Gasteiger partial charge in [-0.25, -0.2) is 0 Å². The van der Waals surface area contributed by atoms with Crippen molar-refractivity contribution in [2.45, 2.75) is 47.5 Å². The van der Waals surface area contributed by atoms with Gasteiger partial charge in [0, 0.05) is 48.9 Å². The summed E-state index contributed by atoms with van der Waals surface area (Å²) < 4.78 is 120. The van der Waals surface area contributed by atoms with Crippen LogP contribution in [0.15, 0.2) is 0 Å². The summed E-state index contributed by atoms with van der Waals surface area (Å²) in [6.07, 6.45) is 1.44. The van der Waals surface area contributed by atoms with Gasteiger partial charge in [-0.2, -0.15) is 37.9 Å². The maximum absolute atomic E-state index is 11.4. The second-order valence-electron chi connectivity index (χ2n) is 21.8. The molecule has 40 heteroatoms. The van der Waals surface area contributed by atoms with Crippen LogP contribution in [0.5, 0.6) is 0 Å². The molecular weight excluding hydrogens is 1450 g/mol. The van der Waals surface area contributed by atoms with Gasteiger partial charge >= 0.3 is 41.8 Å². The van der Waals surface area contributed by atoms with Gasteiger partial charge in [0.1, 0.15) is 46.2 Å². The first kappa shape index (κ1) is 110. The zero-order valence-corrected chi connectivity index (χ0v) is 63.3. The number of hydrogen-bond donors (Lipinski definition) is 11. The number of esters is 7. The fraction of sp³-hybridized carbons (Fsp3) is 0.892. The Bertz CT molecular complexity index is 1760. The van der Waals surface area contributed by atoms with Crippen molar-refractivity contribution in [2.75, 3.05) is 314 Å². The summed E-state index contributed by atoms with van der Waals surface area (Å²) in [5, 5.41) is 0. The summed E-state index contributed by atoms with van der Waals surface area (Å²) in [7, 11) is 0. The van der Waals surface area contributed by atoms with E-state index in [4.69, 9.17) is 150 Å². The van der Waals surface area contributed by atoms with Crippen LogP contribution in [-0.2, 0) is 138 Å². The van der Waals surface area contributed by atoms with Gasteiger partial charge in [0.2, 0.25) is 0 Å². The Balaban J connectivity index is -0.000000473. The van der Waals surface area contributed by atoms with Crippen molar-refractivity contribution < 1.29 is 138 Å². The number of nitrogens with two attached hydrogens (primary N) is 8. The van der Waals surface area contributed by atoms with Crippen LogP contribution in [0.2, 0.25) is 0 Å². The summed E-state index contributed by atoms with van der Waals surface area (Å²) in [6.45, 7) is 12.4. The molecule has 0 saturated carbocycles. The molecule has 0 rings (SSSR count). The number of carbonyl (C=O) groups excluding carboxylic acids is 7. The number of thiol groups is 3. The first-order chi connectivity index (χ1) is 50.0. The molecule has 0 radical (unpaired) electrons. The minimum Gasteiger partial charge on any atom is -0.463 e. The first-order valence-corrected chi connectivity index (χ1v) is 36.1. The Morgan fingerprint density at radius 3 is 0.533 bits per heavy atom. The minimum atomic E-state index is -0.897. The lowest BCUT2D eigenvalue weighted by Gasteiger charge is -2.33. The lowest BCUT2D eigenvalue weighted by molar-refractivity contribution is -0.151. The highest BCUT2D eigenvalue weighted by Gasteiger charge is 2.35. The molecule has 0 bridgehead atoms. The third kappa shape index (κ3) is 73.0. The average Bonchev–Trinajstić information content (AvgIpc) is 0.889. The quantitative estimate of drug-likeness (QED) is 0.0128. The molecule has 0 spiro atoms. The van der Waals surface area contributed by atoms with E-state index in [1.54, 1.807) is 0 Å². The van der Waals surface area contributed by atoms with Gasteiger partial charge in [-0.1, -0.05) is 21.8 Å². The Labute approximate surface area is 638 Å². The van der Waals surface area contributed by atoms with E-state index in [-0.39, 0.29) is 197 Å². The summed E-state index contributed by atoms with van der Waals surface area (Å²) >= 11 is 12.0. The normalized spacial score (nSPS) is 11.2. The molecule has 0 aliphatic carbocycles. The van der Waals surface area contributed by atoms with E-state index < -0.39 is 40.1 Å². The van der Waals surface area contributed by atoms with Crippen molar-refractivity contribution in [2.24, 2.45) is 62.1 Å². The highest BCUT2D eigenvalue weighted by molar-refractivity contribution is 7.80. The summed E-state index contributed by atoms with van der Waals surface area (Å²) in [4.78, 5) is 79.0. The van der Waals surface area contributed by atoms with Crippen LogP contribution in [0.3, 0.4) is 0 Å². The van der Waals surface area contributed by atoms with Gasteiger partial charge in [-0.05, 0) is 6.42 Å². The number of rotatable bonds is 74. The van der Waals surface area contributed by atoms with Crippen LogP contribution in [-0.4, -0.2) is 356 Å². The molecule has 105 heavy (non-hydrogen) atoms. The van der Waals surface area contributed by atoms with E-state index in [0.29, 0.717) is 175 Å². The zero-order valence-electron chi connectivity index (χ0n) is 60.6. The predicted octanol–water partition coefficient (Wildman–Crippen LogP) is -2.72. The van der Waals surface area contributed by atoms with Crippen LogP contribution in [0.25, 0.3) is 0 Å². The Hall–Kier alpha value is -3.58. The van der Waals surface area contributed by atoms with E-state index >= 15 is 0 Å². The fourth-order valence-electron chi connectivity index (χ4n) is 7.55. The Morgan fingerprint density at radius 1 is 0.229 bits per heavy atom. The van der Waals surface area contributed by atoms with E-state index in [1.165, 1.54) is 0 Å². The van der Waals surface area contributed by atoms with E-state index in [9.17, 15) is 33.6 Å². The lowest BCUT2D eigenvalue weighted by atomic mass is 9.88. The molecule has 0 aromatic rings. The Morgan fingerprint density at radius 2 is 0.381 bits per heavy atom. The minimum absolute atomic E-state index is 0. The molecule has 37 nitrogen and oxygen atoms in total. The SMILES string of the molecule is C.C.CCC(COCCOC(=O)CCS)(COCCOC(=O)CCS)COCCOC(=O)CCS.NCC(=O)OCCOCC(COCCOC(=O)CN)(COCCOC(=O)CN)COCCOC(=O)CN.NCCOCCOCC(COCCOCCN)(COCCOCCN)COCCOCCN. The molecule has 0 fully saturated rings. The molecule has 16 N–H and O–H groups in total. The first-order valence-electron chi connectivity index (χ1n) is 34.2. The molecule has 0 aromatic carbocycles. The Kier molecular flexibility index (Phi) is 86.9. The molecule has 0 aliphatic heterocycles. The molecular formula is C65H134N8O29S3. The summed E-state index contributed by atoms with van der Waals surface area (Å²) in [5.74, 6) is -1.95. The van der Waals surface area contributed by atoms with Crippen molar-refractivity contribution in [3.8, 4) is 0 Å². The highest BCUT2D eigenvalue weighted by Crippen LogP contribution is 2.25. The van der Waals surface area contributed by atoms with Crippen LogP contribution >= 0.6 is 37.9 Å². The lowest BCUT2D eigenvalue weighted by Crippen LogP contribution is -2.43. The second kappa shape index (κ2) is 82.9. The third-order valence-corrected chi connectivity index (χ3v) is 13.5. The van der Waals surface area contributed by atoms with Crippen molar-refractivity contribution in [1.82, 2.24) is 0 Å². The molecule has 0 aliphatic rings. The number of carbonyl (C=O) groups is 7. The van der Waals surface area contributed by atoms with Gasteiger partial charge in [0.05, 0.1) is 254 Å². The van der Waals surface area contributed by atoms with Gasteiger partial charge in [-0.15, -0.1) is 0 Å². The maximum Gasteiger partial charge on any atom is 0.319 e. The monoisotopic (exact) mass is 1590 g/mol. The molecule has 0 amide bonds. The maximum atomic E-state index is 11.4. The van der Waals surface area contributed by atoms with E-state index in [0.717, 1.165) is 0 Å². The predicted molar refractivity (Wildman–Crippen MR) is 398 cm³/mol. The number of ether oxygens (including phenoxy) is 22. The van der Waals surface area contributed by atoms with Crippen molar-refractivity contribution in [1.29, 1.82) is 0 Å². The molecule has 626 valence electrons.